The van der Waals surface area contributed by atoms with E-state index in [2.05, 4.69) is 35.3 Å². The minimum Gasteiger partial charge on any atom is -0.349 e. The van der Waals surface area contributed by atoms with Crippen molar-refractivity contribution in [2.75, 3.05) is 30.8 Å². The average molecular weight is 300 g/mol. The van der Waals surface area contributed by atoms with Gasteiger partial charge in [0.05, 0.1) is 0 Å². The molecule has 0 radical (unpaired) electrons. The van der Waals surface area contributed by atoms with Crippen molar-refractivity contribution in [2.24, 2.45) is 0 Å². The second-order valence-corrected chi connectivity index (χ2v) is 7.49. The maximum atomic E-state index is 4.53. The van der Waals surface area contributed by atoms with Gasteiger partial charge in [0.25, 0.3) is 0 Å². The molecule has 1 N–H and O–H groups in total. The lowest BCUT2D eigenvalue weighted by molar-refractivity contribution is 0.346. The first-order valence-electron chi connectivity index (χ1n) is 7.18. The van der Waals surface area contributed by atoms with Crippen LogP contribution in [0.3, 0.4) is 0 Å². The highest BCUT2D eigenvalue weighted by Gasteiger charge is 2.35. The summed E-state index contributed by atoms with van der Waals surface area (Å²) in [6.45, 7) is 8.52. The summed E-state index contributed by atoms with van der Waals surface area (Å²) in [5, 5.41) is 4.77. The molecule has 1 fully saturated rings. The Hall–Kier alpha value is -0.260. The van der Waals surface area contributed by atoms with Crippen LogP contribution in [0.1, 0.15) is 38.0 Å². The van der Waals surface area contributed by atoms with Crippen LogP contribution in [0.2, 0.25) is 0 Å². The highest BCUT2D eigenvalue weighted by molar-refractivity contribution is 8.00. The summed E-state index contributed by atoms with van der Waals surface area (Å²) in [5.74, 6) is 0. The molecule has 0 spiro atoms. The summed E-state index contributed by atoms with van der Waals surface area (Å²) in [6.07, 6.45) is 8.40. The number of aromatic nitrogens is 1. The van der Waals surface area contributed by atoms with Crippen molar-refractivity contribution in [3.63, 3.8) is 0 Å². The average Bonchev–Trinajstić information content (AvgIpc) is 2.83. The molecule has 0 aromatic carbocycles. The van der Waals surface area contributed by atoms with Crippen LogP contribution in [-0.2, 0) is 6.54 Å². The topological polar surface area (TPSA) is 28.2 Å². The van der Waals surface area contributed by atoms with Gasteiger partial charge in [0.2, 0.25) is 0 Å². The van der Waals surface area contributed by atoms with Crippen LogP contribution in [0.25, 0.3) is 0 Å². The summed E-state index contributed by atoms with van der Waals surface area (Å²) in [5.41, 5.74) is 0. The summed E-state index contributed by atoms with van der Waals surface area (Å²) in [4.78, 5) is 8.18. The first-order valence-corrected chi connectivity index (χ1v) is 9.22. The van der Waals surface area contributed by atoms with E-state index in [1.807, 2.05) is 29.3 Å². The lowest BCUT2D eigenvalue weighted by atomic mass is 9.84. The van der Waals surface area contributed by atoms with E-state index < -0.39 is 0 Å². The molecule has 0 unspecified atom stereocenters. The zero-order chi connectivity index (χ0) is 13.7. The minimum absolute atomic E-state index is 0.520. The smallest absolute Gasteiger partial charge is 0.185 e. The molecule has 0 amide bonds. The second-order valence-electron chi connectivity index (χ2n) is 5.13. The van der Waals surface area contributed by atoms with Gasteiger partial charge in [0, 0.05) is 42.0 Å². The van der Waals surface area contributed by atoms with Crippen molar-refractivity contribution >= 4 is 28.2 Å². The zero-order valence-corrected chi connectivity index (χ0v) is 13.9. The predicted molar refractivity (Wildman–Crippen MR) is 87.5 cm³/mol. The summed E-state index contributed by atoms with van der Waals surface area (Å²) in [7, 11) is 0. The van der Waals surface area contributed by atoms with E-state index >= 15 is 0 Å². The fourth-order valence-electron chi connectivity index (χ4n) is 2.46. The molecular formula is C14H25N3S2. The monoisotopic (exact) mass is 299 g/mol. The van der Waals surface area contributed by atoms with Crippen molar-refractivity contribution in [1.29, 1.82) is 0 Å². The molecule has 1 aliphatic rings. The maximum Gasteiger partial charge on any atom is 0.185 e. The van der Waals surface area contributed by atoms with Gasteiger partial charge in [-0.1, -0.05) is 6.42 Å². The Bertz CT molecular complexity index is 378. The third-order valence-electron chi connectivity index (χ3n) is 4.02. The highest BCUT2D eigenvalue weighted by atomic mass is 32.2. The lowest BCUT2D eigenvalue weighted by Crippen LogP contribution is -2.43. The number of nitrogens with zero attached hydrogens (tertiary/aromatic N) is 2. The van der Waals surface area contributed by atoms with Crippen LogP contribution < -0.4 is 10.2 Å². The standard InChI is InChI=1S/C14H25N3S2/c1-4-17(5-2)13-16-10-12(19-13)9-15-11-14(18-3)7-6-8-14/h10,15H,4-9,11H2,1-3H3. The molecule has 1 aromatic rings. The molecule has 1 saturated carbocycles. The molecule has 108 valence electrons. The van der Waals surface area contributed by atoms with E-state index in [1.165, 1.54) is 24.1 Å². The number of hydrogen-bond acceptors (Lipinski definition) is 5. The zero-order valence-electron chi connectivity index (χ0n) is 12.2. The molecular weight excluding hydrogens is 274 g/mol. The van der Waals surface area contributed by atoms with E-state index in [4.69, 9.17) is 0 Å². The summed E-state index contributed by atoms with van der Waals surface area (Å²) in [6, 6.07) is 0. The maximum absolute atomic E-state index is 4.53. The number of thiazole rings is 1. The Morgan fingerprint density at radius 1 is 1.42 bits per heavy atom. The fourth-order valence-corrected chi connectivity index (χ4v) is 4.41. The third-order valence-corrected chi connectivity index (χ3v) is 6.50. The largest absolute Gasteiger partial charge is 0.349 e. The van der Waals surface area contributed by atoms with Gasteiger partial charge in [-0.25, -0.2) is 4.98 Å². The van der Waals surface area contributed by atoms with Gasteiger partial charge in [0.15, 0.2) is 5.13 Å². The van der Waals surface area contributed by atoms with Crippen LogP contribution in [-0.4, -0.2) is 35.6 Å². The number of nitrogens with one attached hydrogen (secondary N) is 1. The molecule has 0 bridgehead atoms. The first kappa shape index (κ1) is 15.1. The molecule has 5 heteroatoms. The fraction of sp³-hybridized carbons (Fsp3) is 0.786. The Labute approximate surface area is 125 Å². The van der Waals surface area contributed by atoms with Gasteiger partial charge < -0.3 is 10.2 Å². The molecule has 0 saturated heterocycles. The molecule has 0 atom stereocenters. The van der Waals surface area contributed by atoms with Crippen LogP contribution in [0, 0.1) is 0 Å². The number of hydrogen-bond donors (Lipinski definition) is 1. The van der Waals surface area contributed by atoms with Crippen LogP contribution in [0.4, 0.5) is 5.13 Å². The van der Waals surface area contributed by atoms with E-state index in [0.717, 1.165) is 31.3 Å². The third kappa shape index (κ3) is 3.64. The Morgan fingerprint density at radius 2 is 2.16 bits per heavy atom. The molecule has 0 aliphatic heterocycles. The summed E-state index contributed by atoms with van der Waals surface area (Å²) >= 11 is 3.85. The van der Waals surface area contributed by atoms with Crippen molar-refractivity contribution in [2.45, 2.75) is 44.4 Å². The number of rotatable bonds is 8. The normalized spacial score (nSPS) is 17.2. The minimum atomic E-state index is 0.520. The van der Waals surface area contributed by atoms with Crippen molar-refractivity contribution < 1.29 is 0 Å². The lowest BCUT2D eigenvalue weighted by Gasteiger charge is -2.40. The van der Waals surface area contributed by atoms with Gasteiger partial charge in [-0.2, -0.15) is 11.8 Å². The summed E-state index contributed by atoms with van der Waals surface area (Å²) < 4.78 is 0.520. The number of thioether (sulfide) groups is 1. The highest BCUT2D eigenvalue weighted by Crippen LogP contribution is 2.42. The van der Waals surface area contributed by atoms with Crippen molar-refractivity contribution in [3.05, 3.63) is 11.1 Å². The Balaban J connectivity index is 1.80. The first-order chi connectivity index (χ1) is 9.23. The van der Waals surface area contributed by atoms with Gasteiger partial charge in [0.1, 0.15) is 0 Å². The molecule has 3 nitrogen and oxygen atoms in total. The van der Waals surface area contributed by atoms with Gasteiger partial charge in [-0.05, 0) is 32.9 Å². The predicted octanol–water partition coefficient (Wildman–Crippen LogP) is 3.36. The number of anilines is 1. The van der Waals surface area contributed by atoms with E-state index in [9.17, 15) is 0 Å². The SMILES string of the molecule is CCN(CC)c1ncc(CNCC2(SC)CCC2)s1. The van der Waals surface area contributed by atoms with Crippen molar-refractivity contribution in [3.8, 4) is 0 Å². The molecule has 1 aromatic heterocycles. The van der Waals surface area contributed by atoms with Gasteiger partial charge in [-0.15, -0.1) is 11.3 Å². The molecule has 19 heavy (non-hydrogen) atoms. The second kappa shape index (κ2) is 6.95. The van der Waals surface area contributed by atoms with E-state index in [0.29, 0.717) is 4.75 Å². The van der Waals surface area contributed by atoms with E-state index in [-0.39, 0.29) is 0 Å². The van der Waals surface area contributed by atoms with Gasteiger partial charge >= 0.3 is 0 Å². The van der Waals surface area contributed by atoms with Gasteiger partial charge in [-0.3, -0.25) is 0 Å². The van der Waals surface area contributed by atoms with Crippen LogP contribution in [0.15, 0.2) is 6.20 Å². The molecule has 2 rings (SSSR count). The van der Waals surface area contributed by atoms with Crippen LogP contribution >= 0.6 is 23.1 Å². The van der Waals surface area contributed by atoms with E-state index in [1.54, 1.807) is 0 Å². The Kier molecular flexibility index (Phi) is 5.54. The molecule has 1 aliphatic carbocycles. The van der Waals surface area contributed by atoms with Crippen LogP contribution in [0.5, 0.6) is 0 Å². The quantitative estimate of drug-likeness (QED) is 0.796. The molecule has 1 heterocycles. The van der Waals surface area contributed by atoms with Crippen molar-refractivity contribution in [1.82, 2.24) is 10.3 Å². The Morgan fingerprint density at radius 3 is 2.68 bits per heavy atom.